The Morgan fingerprint density at radius 1 is 1.80 bits per heavy atom. The third-order valence-electron chi connectivity index (χ3n) is 0.139. The van der Waals surface area contributed by atoms with Crippen LogP contribution in [0, 0.1) is 0 Å². The van der Waals surface area contributed by atoms with Gasteiger partial charge in [0, 0.05) is 0 Å². The fourth-order valence-corrected chi connectivity index (χ4v) is 0.0351. The Hall–Kier alpha value is -0.0452. The molecule has 0 unspecified atom stereocenters. The van der Waals surface area contributed by atoms with E-state index in [2.05, 4.69) is 12.5 Å². The van der Waals surface area contributed by atoms with Crippen LogP contribution in [0.1, 0.15) is 0 Å². The van der Waals surface area contributed by atoms with E-state index in [1.165, 1.54) is 0 Å². The summed E-state index contributed by atoms with van der Waals surface area (Å²) in [6.07, 6.45) is 0. The van der Waals surface area contributed by atoms with Crippen molar-refractivity contribution in [3.05, 3.63) is 0 Å². The van der Waals surface area contributed by atoms with Gasteiger partial charge in [-0.05, 0) is 0 Å². The van der Waals surface area contributed by atoms with Gasteiger partial charge in [0.25, 0.3) is 0 Å². The van der Waals surface area contributed by atoms with Crippen LogP contribution in [-0.2, 0) is 4.81 Å². The maximum atomic E-state index is 7.40. The second-order valence-electron chi connectivity index (χ2n) is 0.434. The molecule has 2 nitrogen and oxygen atoms in total. The van der Waals surface area contributed by atoms with E-state index in [1.807, 2.05) is 0 Å². The van der Waals surface area contributed by atoms with Gasteiger partial charge in [-0.2, -0.15) is 0 Å². The van der Waals surface area contributed by atoms with Gasteiger partial charge in [-0.1, -0.05) is 0 Å². The molecule has 0 fully saturated rings. The molecule has 1 N–H and O–H groups in total. The van der Waals surface area contributed by atoms with Crippen LogP contribution >= 0.6 is 0 Å². The topological polar surface area (TPSA) is 29.5 Å². The average Bonchev–Trinajstić information content (AvgIpc) is 1.41. The van der Waals surface area contributed by atoms with Gasteiger partial charge >= 0.3 is 31.5 Å². The molecule has 0 atom stereocenters. The summed E-state index contributed by atoms with van der Waals surface area (Å²) in [7, 11) is 5.63. The van der Waals surface area contributed by atoms with Crippen molar-refractivity contribution in [1.82, 2.24) is 0 Å². The van der Waals surface area contributed by atoms with Gasteiger partial charge in [0.15, 0.2) is 0 Å². The van der Waals surface area contributed by atoms with Crippen molar-refractivity contribution in [2.75, 3.05) is 0 Å². The fourth-order valence-electron chi connectivity index (χ4n) is 0.0351. The summed E-state index contributed by atoms with van der Waals surface area (Å²) in [4.78, 5) is 3.39. The molecule has 0 spiro atoms. The third kappa shape index (κ3) is 3.95. The summed E-state index contributed by atoms with van der Waals surface area (Å²) < 4.78 is 0. The van der Waals surface area contributed by atoms with Crippen molar-refractivity contribution < 1.29 is 10.1 Å². The number of hydrogen-bond acceptors (Lipinski definition) is 2. The minimum atomic E-state index is 0.958. The van der Waals surface area contributed by atoms with Crippen molar-refractivity contribution in [2.45, 2.75) is 0 Å². The van der Waals surface area contributed by atoms with Gasteiger partial charge in [-0.15, -0.1) is 0 Å². The van der Waals surface area contributed by atoms with Gasteiger partial charge in [-0.25, -0.2) is 0 Å². The molecular weight excluding hydrogens is 64.4 g/mol. The number of rotatable bonds is 1. The van der Waals surface area contributed by atoms with E-state index in [-0.39, 0.29) is 0 Å². The Bertz CT molecular complexity index is 31.9. The Morgan fingerprint density at radius 3 is 2.40 bits per heavy atom. The van der Waals surface area contributed by atoms with Crippen LogP contribution in [0.5, 0.6) is 0 Å². The van der Waals surface area contributed by atoms with Crippen LogP contribution in [0.25, 0.3) is 0 Å². The predicted molar refractivity (Wildman–Crippen MR) is 21.0 cm³/mol. The first-order valence-electron chi connectivity index (χ1n) is 1.08. The molecule has 2 radical (unpaired) electrons. The molecule has 22 valence electrons. The quantitative estimate of drug-likeness (QED) is 0.236. The molecule has 0 amide bonds. The molecule has 0 rings (SSSR count). The summed E-state index contributed by atoms with van der Waals surface area (Å²) in [5.41, 5.74) is 0. The molecule has 0 aliphatic carbocycles. The SMILES string of the molecule is [B]B=BOO. The zero-order valence-electron chi connectivity index (χ0n) is 2.59. The van der Waals surface area contributed by atoms with Gasteiger partial charge in [0.1, 0.15) is 0 Å². The zero-order chi connectivity index (χ0) is 4.12. The molecule has 5 heteroatoms. The van der Waals surface area contributed by atoms with E-state index >= 15 is 0 Å². The van der Waals surface area contributed by atoms with Crippen LogP contribution in [0.15, 0.2) is 0 Å². The Kier molecular flexibility index (Phi) is 3.92. The van der Waals surface area contributed by atoms with Gasteiger partial charge in [0.05, 0.1) is 0 Å². The molecule has 0 aromatic heterocycles. The fraction of sp³-hybridized carbons (Fsp3) is 0. The summed E-state index contributed by atoms with van der Waals surface area (Å²) >= 11 is 0. The second-order valence-corrected chi connectivity index (χ2v) is 0.434. The zero-order valence-corrected chi connectivity index (χ0v) is 2.59. The molecule has 0 saturated heterocycles. The molecule has 5 heavy (non-hydrogen) atoms. The first-order chi connectivity index (χ1) is 2.41. The van der Waals surface area contributed by atoms with Crippen LogP contribution in [0.3, 0.4) is 0 Å². The van der Waals surface area contributed by atoms with Crippen LogP contribution < -0.4 is 0 Å². The van der Waals surface area contributed by atoms with E-state index in [1.54, 1.807) is 0 Å². The van der Waals surface area contributed by atoms with Crippen LogP contribution in [-0.4, -0.2) is 26.7 Å². The molecule has 0 aliphatic rings. The summed E-state index contributed by atoms with van der Waals surface area (Å²) in [5.74, 6) is 0. The summed E-state index contributed by atoms with van der Waals surface area (Å²) in [5, 5.41) is 7.40. The molecule has 0 saturated carbocycles. The van der Waals surface area contributed by atoms with E-state index in [0.29, 0.717) is 0 Å². The molecular formula is HB3O2. The van der Waals surface area contributed by atoms with E-state index in [0.717, 1.165) is 13.7 Å². The van der Waals surface area contributed by atoms with Crippen LogP contribution in [0.4, 0.5) is 0 Å². The predicted octanol–water partition coefficient (Wildman–Crippen LogP) is -1.20. The monoisotopic (exact) mass is 66.0 g/mol. The average molecular weight is 65.4 g/mol. The van der Waals surface area contributed by atoms with Crippen molar-refractivity contribution in [3.8, 4) is 0 Å². The minimum absolute atomic E-state index is 0.958. The number of hydrogen-bond donors (Lipinski definition) is 1. The Balaban J connectivity index is 2.62. The van der Waals surface area contributed by atoms with Gasteiger partial charge < -0.3 is 0 Å². The molecule has 0 aliphatic heterocycles. The summed E-state index contributed by atoms with van der Waals surface area (Å²) in [6.45, 7) is 1.08. The second kappa shape index (κ2) is 3.95. The standard InChI is InChI=1S/B3HO2/c1-2-3-5-4/h4H. The maximum absolute atomic E-state index is 7.40. The first kappa shape index (κ1) is 4.95. The van der Waals surface area contributed by atoms with Crippen molar-refractivity contribution in [2.24, 2.45) is 0 Å². The van der Waals surface area contributed by atoms with Crippen LogP contribution in [0.2, 0.25) is 0 Å². The van der Waals surface area contributed by atoms with E-state index in [4.69, 9.17) is 5.26 Å². The van der Waals surface area contributed by atoms with Crippen molar-refractivity contribution in [3.63, 3.8) is 0 Å². The molecule has 0 heterocycles. The van der Waals surface area contributed by atoms with E-state index < -0.39 is 0 Å². The van der Waals surface area contributed by atoms with E-state index in [9.17, 15) is 0 Å². The first-order valence-corrected chi connectivity index (χ1v) is 1.08. The van der Waals surface area contributed by atoms with Crippen molar-refractivity contribution in [1.29, 1.82) is 0 Å². The summed E-state index contributed by atoms with van der Waals surface area (Å²) in [6, 6.07) is 0. The third-order valence-corrected chi connectivity index (χ3v) is 0.139. The Labute approximate surface area is 32.6 Å². The van der Waals surface area contributed by atoms with Gasteiger partial charge in [-0.3, -0.25) is 0 Å². The molecule has 0 aromatic carbocycles. The van der Waals surface area contributed by atoms with Gasteiger partial charge in [0.2, 0.25) is 0 Å². The van der Waals surface area contributed by atoms with Crippen molar-refractivity contribution >= 4 is 21.4 Å². The normalized spacial score (nSPS) is 5.80. The Morgan fingerprint density at radius 2 is 2.40 bits per heavy atom. The molecule has 0 aromatic rings. The molecule has 0 bridgehead atoms.